The highest BCUT2D eigenvalue weighted by molar-refractivity contribution is 7.55. The Kier molecular flexibility index (Phi) is 7.12. The third-order valence-corrected chi connectivity index (χ3v) is 5.31. The molecule has 0 heterocycles. The van der Waals surface area contributed by atoms with Gasteiger partial charge in [0, 0.05) is 20.3 Å². The van der Waals surface area contributed by atoms with E-state index in [0.717, 1.165) is 19.3 Å². The Balaban J connectivity index is 2.67. The Morgan fingerprint density at radius 3 is 2.45 bits per heavy atom. The second-order valence-corrected chi connectivity index (χ2v) is 7.06. The maximum absolute atomic E-state index is 12.3. The van der Waals surface area contributed by atoms with Gasteiger partial charge in [-0.15, -0.1) is 0 Å². The maximum Gasteiger partial charge on any atom is 0.370 e. The van der Waals surface area contributed by atoms with Crippen molar-refractivity contribution in [2.24, 2.45) is 11.7 Å². The summed E-state index contributed by atoms with van der Waals surface area (Å²) in [5.74, 6) is -1.83. The third-order valence-electron chi connectivity index (χ3n) is 3.36. The molecule has 0 saturated heterocycles. The van der Waals surface area contributed by atoms with Crippen LogP contribution in [0.15, 0.2) is 0 Å². The summed E-state index contributed by atoms with van der Waals surface area (Å²) in [6.45, 7) is 2.11. The second-order valence-electron chi connectivity index (χ2n) is 4.78. The first-order valence-corrected chi connectivity index (χ1v) is 8.33. The average Bonchev–Trinajstić information content (AvgIpc) is 2.84. The lowest BCUT2D eigenvalue weighted by atomic mass is 10.1. The molecule has 3 atom stereocenters. The molecule has 2 N–H and O–H groups in total. The van der Waals surface area contributed by atoms with E-state index in [4.69, 9.17) is 24.3 Å². The third kappa shape index (κ3) is 4.53. The predicted octanol–water partition coefficient (Wildman–Crippen LogP) is 1.51. The number of hydrogen-bond acceptors (Lipinski definition) is 7. The second kappa shape index (κ2) is 8.10. The molecule has 8 heteroatoms. The molecule has 7 nitrogen and oxygen atoms in total. The molecule has 0 radical (unpaired) electrons. The molecular weight excluding hydrogens is 285 g/mol. The molecule has 1 aliphatic carbocycles. The van der Waals surface area contributed by atoms with Crippen LogP contribution in [0.4, 0.5) is 0 Å². The molecule has 1 fully saturated rings. The summed E-state index contributed by atoms with van der Waals surface area (Å²) in [6, 6.07) is 0.168. The lowest BCUT2D eigenvalue weighted by Gasteiger charge is -2.24. The van der Waals surface area contributed by atoms with E-state index in [1.54, 1.807) is 6.92 Å². The number of rotatable bonds is 8. The highest BCUT2D eigenvalue weighted by Crippen LogP contribution is 2.52. The van der Waals surface area contributed by atoms with Crippen LogP contribution in [0, 0.1) is 5.92 Å². The van der Waals surface area contributed by atoms with Gasteiger partial charge in [0.2, 0.25) is 0 Å². The first-order chi connectivity index (χ1) is 9.46. The number of nitrogens with two attached hydrogens (primary N) is 1. The Morgan fingerprint density at radius 1 is 1.35 bits per heavy atom. The predicted molar refractivity (Wildman–Crippen MR) is 73.3 cm³/mol. The average molecular weight is 309 g/mol. The molecule has 0 aromatic rings. The fourth-order valence-electron chi connectivity index (χ4n) is 2.26. The quantitative estimate of drug-likeness (QED) is 0.536. The van der Waals surface area contributed by atoms with E-state index in [0.29, 0.717) is 0 Å². The SMILES string of the molecule is CCOC(=O)C(OCC1CCC(N)C1)P(=O)(OC)OC. The van der Waals surface area contributed by atoms with Crippen molar-refractivity contribution in [3.63, 3.8) is 0 Å². The number of carbonyl (C=O) groups excluding carboxylic acids is 1. The topological polar surface area (TPSA) is 97.1 Å². The zero-order chi connectivity index (χ0) is 15.2. The monoisotopic (exact) mass is 309 g/mol. The first kappa shape index (κ1) is 17.6. The Morgan fingerprint density at radius 2 is 2.00 bits per heavy atom. The van der Waals surface area contributed by atoms with Gasteiger partial charge in [-0.25, -0.2) is 4.79 Å². The molecular formula is C12H24NO6P. The molecule has 118 valence electrons. The first-order valence-electron chi connectivity index (χ1n) is 6.71. The van der Waals surface area contributed by atoms with E-state index < -0.39 is 19.4 Å². The van der Waals surface area contributed by atoms with Gasteiger partial charge < -0.3 is 24.3 Å². The summed E-state index contributed by atoms with van der Waals surface area (Å²) in [6.07, 6.45) is 2.70. The summed E-state index contributed by atoms with van der Waals surface area (Å²) in [7, 11) is -1.25. The summed E-state index contributed by atoms with van der Waals surface area (Å²) in [4.78, 5) is 11.9. The lowest BCUT2D eigenvalue weighted by molar-refractivity contribution is -0.153. The molecule has 0 aliphatic heterocycles. The highest BCUT2D eigenvalue weighted by Gasteiger charge is 2.43. The van der Waals surface area contributed by atoms with E-state index in [1.165, 1.54) is 14.2 Å². The van der Waals surface area contributed by atoms with Crippen molar-refractivity contribution in [1.29, 1.82) is 0 Å². The van der Waals surface area contributed by atoms with Crippen molar-refractivity contribution in [2.45, 2.75) is 38.1 Å². The van der Waals surface area contributed by atoms with E-state index in [2.05, 4.69) is 0 Å². The minimum Gasteiger partial charge on any atom is -0.464 e. The fraction of sp³-hybridized carbons (Fsp3) is 0.917. The van der Waals surface area contributed by atoms with E-state index in [9.17, 15) is 9.36 Å². The van der Waals surface area contributed by atoms with Crippen LogP contribution in [0.1, 0.15) is 26.2 Å². The highest BCUT2D eigenvalue weighted by atomic mass is 31.2. The molecule has 0 bridgehead atoms. The van der Waals surface area contributed by atoms with Crippen LogP contribution < -0.4 is 5.73 Å². The van der Waals surface area contributed by atoms with Gasteiger partial charge in [0.1, 0.15) is 0 Å². The summed E-state index contributed by atoms with van der Waals surface area (Å²) >= 11 is 0. The van der Waals surface area contributed by atoms with E-state index in [-0.39, 0.29) is 25.2 Å². The standard InChI is InChI=1S/C12H24NO6P/c1-4-18-11(14)12(20(15,16-2)17-3)19-8-9-5-6-10(13)7-9/h9-10,12H,4-8,13H2,1-3H3. The molecule has 0 amide bonds. The van der Waals surface area contributed by atoms with Crippen molar-refractivity contribution in [2.75, 3.05) is 27.4 Å². The van der Waals surface area contributed by atoms with Crippen molar-refractivity contribution < 1.29 is 27.9 Å². The van der Waals surface area contributed by atoms with Crippen LogP contribution in [0.25, 0.3) is 0 Å². The van der Waals surface area contributed by atoms with Crippen molar-refractivity contribution in [3.8, 4) is 0 Å². The molecule has 1 saturated carbocycles. The van der Waals surface area contributed by atoms with Gasteiger partial charge in [0.25, 0.3) is 5.85 Å². The zero-order valence-corrected chi connectivity index (χ0v) is 13.1. The number of hydrogen-bond donors (Lipinski definition) is 1. The van der Waals surface area contributed by atoms with E-state index >= 15 is 0 Å². The maximum atomic E-state index is 12.3. The van der Waals surface area contributed by atoms with Crippen LogP contribution in [0.5, 0.6) is 0 Å². The van der Waals surface area contributed by atoms with Crippen molar-refractivity contribution >= 4 is 13.6 Å². The number of carbonyl (C=O) groups is 1. The number of ether oxygens (including phenoxy) is 2. The van der Waals surface area contributed by atoms with E-state index in [1.807, 2.05) is 0 Å². The molecule has 0 spiro atoms. The Bertz CT molecular complexity index is 356. The van der Waals surface area contributed by atoms with Crippen LogP contribution >= 0.6 is 7.60 Å². The molecule has 20 heavy (non-hydrogen) atoms. The molecule has 3 unspecified atom stereocenters. The minimum atomic E-state index is -3.68. The Hall–Kier alpha value is -0.460. The van der Waals surface area contributed by atoms with Crippen LogP contribution in [0.2, 0.25) is 0 Å². The zero-order valence-electron chi connectivity index (χ0n) is 12.2. The van der Waals surface area contributed by atoms with Gasteiger partial charge in [-0.05, 0) is 32.1 Å². The minimum absolute atomic E-state index is 0.167. The Labute approximate surface area is 119 Å². The smallest absolute Gasteiger partial charge is 0.370 e. The molecule has 1 rings (SSSR count). The van der Waals surface area contributed by atoms with Gasteiger partial charge in [0.05, 0.1) is 13.2 Å². The van der Waals surface area contributed by atoms with Crippen LogP contribution in [-0.2, 0) is 27.9 Å². The van der Waals surface area contributed by atoms with Gasteiger partial charge in [-0.1, -0.05) is 0 Å². The number of esters is 1. The lowest BCUT2D eigenvalue weighted by Crippen LogP contribution is -2.30. The van der Waals surface area contributed by atoms with Crippen molar-refractivity contribution in [3.05, 3.63) is 0 Å². The molecule has 1 aliphatic rings. The van der Waals surface area contributed by atoms with Gasteiger partial charge >= 0.3 is 13.6 Å². The fourth-order valence-corrected chi connectivity index (χ4v) is 3.39. The largest absolute Gasteiger partial charge is 0.464 e. The van der Waals surface area contributed by atoms with Gasteiger partial charge in [-0.3, -0.25) is 4.57 Å². The molecule has 0 aromatic carbocycles. The van der Waals surface area contributed by atoms with Crippen molar-refractivity contribution in [1.82, 2.24) is 0 Å². The van der Waals surface area contributed by atoms with Crippen LogP contribution in [0.3, 0.4) is 0 Å². The van der Waals surface area contributed by atoms with Gasteiger partial charge in [0.15, 0.2) is 0 Å². The van der Waals surface area contributed by atoms with Gasteiger partial charge in [-0.2, -0.15) is 0 Å². The summed E-state index contributed by atoms with van der Waals surface area (Å²) in [5, 5.41) is 0. The summed E-state index contributed by atoms with van der Waals surface area (Å²) < 4.78 is 32.4. The normalized spacial score (nSPS) is 24.6. The van der Waals surface area contributed by atoms with Crippen LogP contribution in [-0.4, -0.2) is 45.3 Å². The molecule has 0 aromatic heterocycles. The summed E-state index contributed by atoms with van der Waals surface area (Å²) in [5.41, 5.74) is 5.83.